The Morgan fingerprint density at radius 1 is 1.14 bits per heavy atom. The van der Waals surface area contributed by atoms with Crippen molar-refractivity contribution in [3.63, 3.8) is 0 Å². The van der Waals surface area contributed by atoms with Crippen LogP contribution < -0.4 is 14.2 Å². The fraction of sp³-hybridized carbons (Fsp3) is 0.483. The summed E-state index contributed by atoms with van der Waals surface area (Å²) in [6.45, 7) is 14.3. The number of benzene rings is 2. The van der Waals surface area contributed by atoms with Crippen molar-refractivity contribution in [3.8, 4) is 17.2 Å². The van der Waals surface area contributed by atoms with Crippen molar-refractivity contribution in [2.24, 2.45) is 0 Å². The van der Waals surface area contributed by atoms with E-state index in [9.17, 15) is 9.90 Å². The summed E-state index contributed by atoms with van der Waals surface area (Å²) in [5.74, 6) is 1.40. The van der Waals surface area contributed by atoms with Crippen molar-refractivity contribution >= 4 is 5.97 Å². The van der Waals surface area contributed by atoms with Gasteiger partial charge in [-0.1, -0.05) is 18.2 Å². The quantitative estimate of drug-likeness (QED) is 0.250. The molecule has 0 radical (unpaired) electrons. The van der Waals surface area contributed by atoms with Gasteiger partial charge in [0.25, 0.3) is 0 Å². The third-order valence-electron chi connectivity index (χ3n) is 6.64. The summed E-state index contributed by atoms with van der Waals surface area (Å²) < 4.78 is 23.5. The Bertz CT molecular complexity index is 1080. The first kappa shape index (κ1) is 26.6. The van der Waals surface area contributed by atoms with Crippen molar-refractivity contribution in [1.82, 2.24) is 0 Å². The van der Waals surface area contributed by atoms with E-state index in [1.54, 1.807) is 0 Å². The lowest BCUT2D eigenvalue weighted by atomic mass is 9.86. The van der Waals surface area contributed by atoms with E-state index < -0.39 is 11.6 Å². The number of fused-ring (bicyclic) bond motifs is 1. The Balaban J connectivity index is 1.69. The van der Waals surface area contributed by atoms with E-state index >= 15 is 0 Å². The zero-order valence-electron chi connectivity index (χ0n) is 22.0. The summed E-state index contributed by atoms with van der Waals surface area (Å²) in [4.78, 5) is 11.3. The molecule has 1 aliphatic heterocycles. The maximum absolute atomic E-state index is 11.3. The SMILES string of the molecule is CCOCOc1c(C)c(C)c2c(c1C)CC[C@](C)(/C=C\Cc1ccc(OC(C)(C)C(=O)O)cc1)O2. The number of rotatable bonds is 10. The third kappa shape index (κ3) is 6.17. The number of carbonyl (C=O) groups is 1. The Labute approximate surface area is 208 Å². The molecule has 1 atom stereocenters. The molecule has 1 heterocycles. The van der Waals surface area contributed by atoms with Gasteiger partial charge in [-0.25, -0.2) is 4.79 Å². The van der Waals surface area contributed by atoms with Crippen molar-refractivity contribution in [3.05, 3.63) is 64.2 Å². The summed E-state index contributed by atoms with van der Waals surface area (Å²) in [5, 5.41) is 9.23. The van der Waals surface area contributed by atoms with Gasteiger partial charge in [0.1, 0.15) is 22.8 Å². The van der Waals surface area contributed by atoms with Gasteiger partial charge < -0.3 is 24.1 Å². The zero-order valence-corrected chi connectivity index (χ0v) is 22.0. The van der Waals surface area contributed by atoms with Gasteiger partial charge in [0.15, 0.2) is 12.4 Å². The number of hydrogen-bond donors (Lipinski definition) is 1. The molecule has 6 nitrogen and oxygen atoms in total. The highest BCUT2D eigenvalue weighted by Gasteiger charge is 2.33. The highest BCUT2D eigenvalue weighted by Crippen LogP contribution is 2.44. The van der Waals surface area contributed by atoms with Crippen LogP contribution in [0.25, 0.3) is 0 Å². The molecule has 3 rings (SSSR count). The molecular weight excluding hydrogens is 444 g/mol. The first-order valence-electron chi connectivity index (χ1n) is 12.2. The highest BCUT2D eigenvalue weighted by molar-refractivity contribution is 5.76. The van der Waals surface area contributed by atoms with Crippen LogP contribution in [0, 0.1) is 20.8 Å². The number of aliphatic carboxylic acids is 1. The molecule has 35 heavy (non-hydrogen) atoms. The van der Waals surface area contributed by atoms with E-state index in [2.05, 4.69) is 39.8 Å². The Morgan fingerprint density at radius 2 is 1.83 bits per heavy atom. The van der Waals surface area contributed by atoms with E-state index in [1.165, 1.54) is 19.4 Å². The Morgan fingerprint density at radius 3 is 2.46 bits per heavy atom. The number of carboxylic acids is 1. The van der Waals surface area contributed by atoms with E-state index in [-0.39, 0.29) is 12.4 Å². The smallest absolute Gasteiger partial charge is 0.347 e. The van der Waals surface area contributed by atoms with Crippen molar-refractivity contribution in [2.75, 3.05) is 13.4 Å². The molecule has 0 fully saturated rings. The van der Waals surface area contributed by atoms with E-state index in [1.807, 2.05) is 31.2 Å². The summed E-state index contributed by atoms with van der Waals surface area (Å²) >= 11 is 0. The first-order chi connectivity index (χ1) is 16.5. The van der Waals surface area contributed by atoms with Crippen LogP contribution in [0.1, 0.15) is 61.9 Å². The van der Waals surface area contributed by atoms with Gasteiger partial charge in [0.2, 0.25) is 0 Å². The lowest BCUT2D eigenvalue weighted by Gasteiger charge is -2.36. The normalized spacial score (nSPS) is 17.7. The maximum atomic E-state index is 11.3. The average Bonchev–Trinajstić information content (AvgIpc) is 2.80. The fourth-order valence-electron chi connectivity index (χ4n) is 4.25. The van der Waals surface area contributed by atoms with Gasteiger partial charge in [-0.15, -0.1) is 0 Å². The molecule has 0 amide bonds. The topological polar surface area (TPSA) is 74.2 Å². The monoisotopic (exact) mass is 482 g/mol. The largest absolute Gasteiger partial charge is 0.483 e. The van der Waals surface area contributed by atoms with Crippen LogP contribution in [0.2, 0.25) is 0 Å². The number of ether oxygens (including phenoxy) is 4. The van der Waals surface area contributed by atoms with Crippen LogP contribution in [0.5, 0.6) is 17.2 Å². The van der Waals surface area contributed by atoms with Crippen molar-refractivity contribution in [2.45, 2.75) is 78.9 Å². The molecule has 0 aromatic heterocycles. The molecule has 6 heteroatoms. The lowest BCUT2D eigenvalue weighted by molar-refractivity contribution is -0.152. The average molecular weight is 483 g/mol. The van der Waals surface area contributed by atoms with Crippen molar-refractivity contribution in [1.29, 1.82) is 0 Å². The van der Waals surface area contributed by atoms with Crippen LogP contribution in [0.15, 0.2) is 36.4 Å². The number of allylic oxidation sites excluding steroid dienone is 1. The van der Waals surface area contributed by atoms with Gasteiger partial charge in [-0.05, 0) is 108 Å². The van der Waals surface area contributed by atoms with Gasteiger partial charge in [0.05, 0.1) is 0 Å². The van der Waals surface area contributed by atoms with Gasteiger partial charge >= 0.3 is 5.97 Å². The summed E-state index contributed by atoms with van der Waals surface area (Å²) in [7, 11) is 0. The highest BCUT2D eigenvalue weighted by atomic mass is 16.7. The molecule has 190 valence electrons. The Kier molecular flexibility index (Phi) is 8.16. The van der Waals surface area contributed by atoms with Crippen LogP contribution in [0.4, 0.5) is 0 Å². The van der Waals surface area contributed by atoms with Crippen molar-refractivity contribution < 1.29 is 28.8 Å². The first-order valence-corrected chi connectivity index (χ1v) is 12.2. The summed E-state index contributed by atoms with van der Waals surface area (Å²) in [5.41, 5.74) is 3.99. The molecule has 2 aromatic rings. The molecule has 0 saturated heterocycles. The lowest BCUT2D eigenvalue weighted by Crippen LogP contribution is -2.37. The zero-order chi connectivity index (χ0) is 25.8. The summed E-state index contributed by atoms with van der Waals surface area (Å²) in [6, 6.07) is 7.53. The van der Waals surface area contributed by atoms with E-state index in [4.69, 9.17) is 18.9 Å². The van der Waals surface area contributed by atoms with Crippen LogP contribution >= 0.6 is 0 Å². The van der Waals surface area contributed by atoms with Gasteiger partial charge in [0, 0.05) is 12.2 Å². The second-order valence-corrected chi connectivity index (χ2v) is 9.85. The molecule has 0 spiro atoms. The predicted molar refractivity (Wildman–Crippen MR) is 137 cm³/mol. The predicted octanol–water partition coefficient (Wildman–Crippen LogP) is 6.11. The molecule has 0 bridgehead atoms. The molecule has 0 unspecified atom stereocenters. The Hall–Kier alpha value is -2.99. The minimum absolute atomic E-state index is 0.252. The molecule has 1 aliphatic rings. The molecule has 2 aromatic carbocycles. The molecule has 0 saturated carbocycles. The van der Waals surface area contributed by atoms with Gasteiger partial charge in [-0.3, -0.25) is 0 Å². The minimum atomic E-state index is -1.27. The second-order valence-electron chi connectivity index (χ2n) is 9.85. The molecule has 1 N–H and O–H groups in total. The van der Waals surface area contributed by atoms with Crippen LogP contribution in [-0.2, 0) is 22.4 Å². The fourth-order valence-corrected chi connectivity index (χ4v) is 4.25. The molecular formula is C29H38O6. The van der Waals surface area contributed by atoms with Crippen LogP contribution in [-0.4, -0.2) is 35.7 Å². The van der Waals surface area contributed by atoms with Crippen LogP contribution in [0.3, 0.4) is 0 Å². The number of hydrogen-bond acceptors (Lipinski definition) is 5. The third-order valence-corrected chi connectivity index (χ3v) is 6.64. The summed E-state index contributed by atoms with van der Waals surface area (Å²) in [6.07, 6.45) is 6.82. The molecule has 0 aliphatic carbocycles. The van der Waals surface area contributed by atoms with E-state index in [0.717, 1.165) is 53.0 Å². The van der Waals surface area contributed by atoms with Gasteiger partial charge in [-0.2, -0.15) is 0 Å². The number of carboxylic acid groups (broad SMARTS) is 1. The minimum Gasteiger partial charge on any atom is -0.483 e. The standard InChI is InChI=1S/C29H38O6/c1-8-32-18-33-25-19(2)20(3)26-24(21(25)4)15-17-29(7,35-26)16-9-10-22-11-13-23(14-12-22)34-28(5,6)27(30)31/h9,11-14,16H,8,10,15,17-18H2,1-7H3,(H,30,31)/b16-9-/t29-/m0/s1. The maximum Gasteiger partial charge on any atom is 0.347 e. The second kappa shape index (κ2) is 10.7. The van der Waals surface area contributed by atoms with E-state index in [0.29, 0.717) is 12.4 Å².